The van der Waals surface area contributed by atoms with E-state index in [0.717, 1.165) is 10.6 Å². The Kier molecular flexibility index (Phi) is 6.59. The molecule has 3 rings (SSSR count). The summed E-state index contributed by atoms with van der Waals surface area (Å²) >= 11 is 5.84. The van der Waals surface area contributed by atoms with Crippen LogP contribution >= 0.6 is 11.6 Å². The van der Waals surface area contributed by atoms with Gasteiger partial charge >= 0.3 is 6.18 Å². The van der Waals surface area contributed by atoms with Crippen LogP contribution in [0.1, 0.15) is 41.4 Å². The smallest absolute Gasteiger partial charge is 0.338 e. The fourth-order valence-corrected chi connectivity index (χ4v) is 3.63. The molecule has 0 aliphatic carbocycles. The number of hydrogen-bond donors (Lipinski definition) is 0. The number of alkyl halides is 3. The molecule has 0 bridgehead atoms. The molecule has 0 atom stereocenters. The van der Waals surface area contributed by atoms with Crippen LogP contribution in [0.3, 0.4) is 0 Å². The predicted molar refractivity (Wildman–Crippen MR) is 113 cm³/mol. The summed E-state index contributed by atoms with van der Waals surface area (Å²) in [5.74, 6) is -1.43. The predicted octanol–water partition coefficient (Wildman–Crippen LogP) is 5.59. The number of aromatic nitrogens is 3. The first-order valence-electron chi connectivity index (χ1n) is 9.72. The van der Waals surface area contributed by atoms with Gasteiger partial charge in [0.05, 0.1) is 6.54 Å². The van der Waals surface area contributed by atoms with Gasteiger partial charge in [-0.1, -0.05) is 11.6 Å². The van der Waals surface area contributed by atoms with Crippen LogP contribution in [0.2, 0.25) is 5.02 Å². The third kappa shape index (κ3) is 4.48. The van der Waals surface area contributed by atoms with Crippen LogP contribution in [0.15, 0.2) is 36.7 Å². The van der Waals surface area contributed by atoms with Crippen LogP contribution in [-0.2, 0) is 12.7 Å². The highest BCUT2D eigenvalue weighted by molar-refractivity contribution is 6.30. The summed E-state index contributed by atoms with van der Waals surface area (Å²) in [6, 6.07) is 4.86. The Balaban J connectivity index is 2.41. The number of carbonyl (C=O) groups is 1. The summed E-state index contributed by atoms with van der Waals surface area (Å²) in [7, 11) is 1.48. The number of benzene rings is 1. The molecule has 5 nitrogen and oxygen atoms in total. The van der Waals surface area contributed by atoms with Crippen LogP contribution in [0, 0.1) is 12.7 Å². The second-order valence-electron chi connectivity index (χ2n) is 7.58. The highest BCUT2D eigenvalue weighted by Crippen LogP contribution is 2.42. The SMILES string of the molecule is Cc1c(-c2ccc(Cl)cc2F)c(C(=O)N(C)C(C)C)n(Cc2ncccn2)c1C(F)(F)F. The van der Waals surface area contributed by atoms with Crippen LogP contribution < -0.4 is 0 Å². The molecule has 1 amide bonds. The molecule has 0 radical (unpaired) electrons. The second-order valence-corrected chi connectivity index (χ2v) is 8.02. The fourth-order valence-electron chi connectivity index (χ4n) is 3.47. The van der Waals surface area contributed by atoms with E-state index in [-0.39, 0.29) is 39.3 Å². The minimum Gasteiger partial charge on any atom is -0.338 e. The Morgan fingerprint density at radius 1 is 1.22 bits per heavy atom. The number of nitrogens with zero attached hydrogens (tertiary/aromatic N) is 4. The molecular formula is C22H21ClF4N4O. The highest BCUT2D eigenvalue weighted by Gasteiger charge is 2.42. The molecular weight excluding hydrogens is 448 g/mol. The molecule has 10 heteroatoms. The molecule has 0 saturated carbocycles. The second kappa shape index (κ2) is 8.90. The largest absolute Gasteiger partial charge is 0.431 e. The lowest BCUT2D eigenvalue weighted by atomic mass is 9.99. The van der Waals surface area contributed by atoms with Crippen molar-refractivity contribution < 1.29 is 22.4 Å². The van der Waals surface area contributed by atoms with E-state index >= 15 is 0 Å². The fraction of sp³-hybridized carbons (Fsp3) is 0.318. The molecule has 32 heavy (non-hydrogen) atoms. The van der Waals surface area contributed by atoms with Gasteiger partial charge < -0.3 is 9.47 Å². The van der Waals surface area contributed by atoms with Crippen LogP contribution in [0.25, 0.3) is 11.1 Å². The van der Waals surface area contributed by atoms with Crippen molar-refractivity contribution in [2.75, 3.05) is 7.05 Å². The first kappa shape index (κ1) is 23.7. The minimum absolute atomic E-state index is 0.0809. The monoisotopic (exact) mass is 468 g/mol. The van der Waals surface area contributed by atoms with Crippen molar-refractivity contribution in [2.45, 2.75) is 39.5 Å². The zero-order valence-electron chi connectivity index (χ0n) is 17.8. The molecule has 0 aliphatic rings. The highest BCUT2D eigenvalue weighted by atomic mass is 35.5. The standard InChI is InChI=1S/C22H21ClF4N4O/c1-12(2)30(4)21(32)19-18(15-7-6-14(23)10-16(15)24)13(3)20(22(25,26)27)31(19)11-17-28-8-5-9-29-17/h5-10,12H,11H2,1-4H3. The van der Waals surface area contributed by atoms with Gasteiger partial charge in [-0.2, -0.15) is 13.2 Å². The summed E-state index contributed by atoms with van der Waals surface area (Å²) in [5.41, 5.74) is -1.91. The Morgan fingerprint density at radius 3 is 2.38 bits per heavy atom. The van der Waals surface area contributed by atoms with Gasteiger partial charge in [0.2, 0.25) is 0 Å². The van der Waals surface area contributed by atoms with Crippen molar-refractivity contribution in [3.8, 4) is 11.1 Å². The van der Waals surface area contributed by atoms with Crippen molar-refractivity contribution >= 4 is 17.5 Å². The number of amides is 1. The molecule has 2 aromatic heterocycles. The van der Waals surface area contributed by atoms with Gasteiger partial charge in [0.25, 0.3) is 5.91 Å². The quantitative estimate of drug-likeness (QED) is 0.458. The molecule has 1 aromatic carbocycles. The van der Waals surface area contributed by atoms with Crippen LogP contribution in [-0.4, -0.2) is 38.4 Å². The Labute approximate surface area is 187 Å². The summed E-state index contributed by atoms with van der Waals surface area (Å²) in [4.78, 5) is 22.7. The minimum atomic E-state index is -4.81. The van der Waals surface area contributed by atoms with Gasteiger partial charge in [0, 0.05) is 41.6 Å². The maximum absolute atomic E-state index is 14.9. The van der Waals surface area contributed by atoms with Crippen molar-refractivity contribution in [2.24, 2.45) is 0 Å². The normalized spacial score (nSPS) is 11.8. The van der Waals surface area contributed by atoms with Gasteiger partial charge in [-0.25, -0.2) is 14.4 Å². The van der Waals surface area contributed by atoms with E-state index in [1.807, 2.05) is 0 Å². The molecule has 0 unspecified atom stereocenters. The first-order chi connectivity index (χ1) is 14.9. The van der Waals surface area contributed by atoms with Crippen molar-refractivity contribution in [1.82, 2.24) is 19.4 Å². The molecule has 170 valence electrons. The molecule has 3 aromatic rings. The first-order valence-corrected chi connectivity index (χ1v) is 10.1. The number of hydrogen-bond acceptors (Lipinski definition) is 3. The average Bonchev–Trinajstić information content (AvgIpc) is 2.99. The van der Waals surface area contributed by atoms with E-state index in [2.05, 4.69) is 9.97 Å². The lowest BCUT2D eigenvalue weighted by Crippen LogP contribution is -2.35. The van der Waals surface area contributed by atoms with E-state index < -0.39 is 30.1 Å². The van der Waals surface area contributed by atoms with Gasteiger partial charge in [-0.3, -0.25) is 4.79 Å². The molecule has 0 spiro atoms. The van der Waals surface area contributed by atoms with E-state index in [1.54, 1.807) is 13.8 Å². The zero-order valence-corrected chi connectivity index (χ0v) is 18.6. The van der Waals surface area contributed by atoms with Crippen molar-refractivity contribution in [1.29, 1.82) is 0 Å². The van der Waals surface area contributed by atoms with Gasteiger partial charge in [-0.05, 0) is 50.6 Å². The van der Waals surface area contributed by atoms with Crippen LogP contribution in [0.5, 0.6) is 0 Å². The topological polar surface area (TPSA) is 51.0 Å². The van der Waals surface area contributed by atoms with E-state index in [1.165, 1.54) is 49.5 Å². The Bertz CT molecular complexity index is 1140. The van der Waals surface area contributed by atoms with E-state index in [0.29, 0.717) is 0 Å². The summed E-state index contributed by atoms with van der Waals surface area (Å²) in [6.45, 7) is 4.26. The van der Waals surface area contributed by atoms with Crippen LogP contribution in [0.4, 0.5) is 17.6 Å². The number of halogens is 5. The number of rotatable bonds is 5. The summed E-state index contributed by atoms with van der Waals surface area (Å²) in [5, 5.41) is 0.0873. The third-order valence-corrected chi connectivity index (χ3v) is 5.43. The van der Waals surface area contributed by atoms with Crippen molar-refractivity contribution in [3.63, 3.8) is 0 Å². The summed E-state index contributed by atoms with van der Waals surface area (Å²) < 4.78 is 58.3. The van der Waals surface area contributed by atoms with Crippen molar-refractivity contribution in [3.05, 3.63) is 70.3 Å². The lowest BCUT2D eigenvalue weighted by Gasteiger charge is -2.24. The van der Waals surface area contributed by atoms with E-state index in [9.17, 15) is 22.4 Å². The van der Waals surface area contributed by atoms with Gasteiger partial charge in [0.15, 0.2) is 0 Å². The molecule has 0 saturated heterocycles. The molecule has 0 N–H and O–H groups in total. The Morgan fingerprint density at radius 2 is 1.84 bits per heavy atom. The summed E-state index contributed by atoms with van der Waals surface area (Å²) in [6.07, 6.45) is -2.02. The van der Waals surface area contributed by atoms with E-state index in [4.69, 9.17) is 11.6 Å². The third-order valence-electron chi connectivity index (χ3n) is 5.19. The maximum atomic E-state index is 14.9. The number of carbonyl (C=O) groups excluding carboxylic acids is 1. The molecule has 0 aliphatic heterocycles. The molecule has 0 fully saturated rings. The Hall–Kier alpha value is -2.94. The van der Waals surface area contributed by atoms with Gasteiger partial charge in [-0.15, -0.1) is 0 Å². The average molecular weight is 469 g/mol. The lowest BCUT2D eigenvalue weighted by molar-refractivity contribution is -0.143. The van der Waals surface area contributed by atoms with Gasteiger partial charge in [0.1, 0.15) is 23.0 Å². The maximum Gasteiger partial charge on any atom is 0.431 e. The zero-order chi connectivity index (χ0) is 23.8. The molecule has 2 heterocycles.